The minimum atomic E-state index is -1.47. The number of amides is 1. The molecule has 0 spiro atoms. The van der Waals surface area contributed by atoms with Gasteiger partial charge in [-0.3, -0.25) is 19.2 Å². The van der Waals surface area contributed by atoms with Gasteiger partial charge in [-0.1, -0.05) is 97.1 Å². The largest absolute Gasteiger partial charge is 0.463 e. The molecule has 1 N–H and O–H groups in total. The van der Waals surface area contributed by atoms with Crippen LogP contribution in [0.4, 0.5) is 0 Å². The zero-order valence-corrected chi connectivity index (χ0v) is 33.7. The van der Waals surface area contributed by atoms with Crippen molar-refractivity contribution >= 4 is 23.8 Å². The lowest BCUT2D eigenvalue weighted by Gasteiger charge is -2.49. The summed E-state index contributed by atoms with van der Waals surface area (Å²) in [7, 11) is 0. The summed E-state index contributed by atoms with van der Waals surface area (Å²) in [6.45, 7) is 8.84. The quantitative estimate of drug-likeness (QED) is 0.0970. The second-order valence-corrected chi connectivity index (χ2v) is 14.0. The standard InChI is InChI=1S/C44H53NO14/c1-6-22-51-44-42(59-43-37(45-28(2)46)40(56-31(5)49)39(55-30(4)48)36(57-43)27-52-29(3)47)41(54-25-34-20-14-9-15-21-34)38(53-24-33-18-12-8-13-19-33)35(58-44)26-50-23-32-16-10-7-11-17-32/h6-21,35-44H,1,22-27H2,2-5H3,(H,45,46)/t35-,36-,37-,38-,39-,40-,41+,42+,43+,44+/m1/s1. The average molecular weight is 820 g/mol. The first-order chi connectivity index (χ1) is 28.5. The van der Waals surface area contributed by atoms with Crippen LogP contribution in [0.2, 0.25) is 0 Å². The fourth-order valence-corrected chi connectivity index (χ4v) is 6.81. The fraction of sp³-hybridized carbons (Fsp3) is 0.455. The third-order valence-electron chi connectivity index (χ3n) is 9.30. The molecule has 2 fully saturated rings. The molecule has 0 saturated carbocycles. The smallest absolute Gasteiger partial charge is 0.303 e. The van der Waals surface area contributed by atoms with Gasteiger partial charge in [-0.05, 0) is 16.7 Å². The van der Waals surface area contributed by atoms with E-state index in [0.29, 0.717) is 6.61 Å². The monoisotopic (exact) mass is 819 g/mol. The molecule has 59 heavy (non-hydrogen) atoms. The van der Waals surface area contributed by atoms with Gasteiger partial charge in [0, 0.05) is 27.7 Å². The fourth-order valence-electron chi connectivity index (χ4n) is 6.81. The summed E-state index contributed by atoms with van der Waals surface area (Å²) in [5.74, 6) is -2.68. The Hall–Kier alpha value is -5.00. The van der Waals surface area contributed by atoms with Crippen LogP contribution in [0.1, 0.15) is 44.4 Å². The maximum absolute atomic E-state index is 12.8. The van der Waals surface area contributed by atoms with Gasteiger partial charge in [-0.25, -0.2) is 0 Å². The highest BCUT2D eigenvalue weighted by Gasteiger charge is 2.55. The highest BCUT2D eigenvalue weighted by Crippen LogP contribution is 2.35. The first-order valence-corrected chi connectivity index (χ1v) is 19.4. The van der Waals surface area contributed by atoms with Crippen molar-refractivity contribution in [2.24, 2.45) is 0 Å². The zero-order valence-electron chi connectivity index (χ0n) is 33.7. The first kappa shape index (κ1) is 45.1. The Morgan fingerprint density at radius 2 is 1.10 bits per heavy atom. The van der Waals surface area contributed by atoms with Crippen LogP contribution in [0.3, 0.4) is 0 Å². The molecule has 0 aliphatic carbocycles. The van der Waals surface area contributed by atoms with Crippen molar-refractivity contribution in [1.29, 1.82) is 0 Å². The number of esters is 3. The van der Waals surface area contributed by atoms with Crippen molar-refractivity contribution in [1.82, 2.24) is 5.32 Å². The molecule has 2 saturated heterocycles. The normalized spacial score (nSPS) is 26.6. The molecule has 0 aromatic heterocycles. The van der Waals surface area contributed by atoms with E-state index in [-0.39, 0.29) is 26.4 Å². The number of benzene rings is 3. The third kappa shape index (κ3) is 13.8. The van der Waals surface area contributed by atoms with E-state index in [0.717, 1.165) is 30.5 Å². The molecule has 3 aromatic rings. The van der Waals surface area contributed by atoms with E-state index in [4.69, 9.17) is 47.4 Å². The van der Waals surface area contributed by atoms with E-state index in [2.05, 4.69) is 11.9 Å². The lowest BCUT2D eigenvalue weighted by atomic mass is 9.94. The van der Waals surface area contributed by atoms with E-state index in [1.807, 2.05) is 91.0 Å². The van der Waals surface area contributed by atoms with E-state index in [9.17, 15) is 19.2 Å². The summed E-state index contributed by atoms with van der Waals surface area (Å²) in [5, 5.41) is 2.75. The molecule has 10 atom stereocenters. The molecule has 0 bridgehead atoms. The molecule has 2 aliphatic heterocycles. The summed E-state index contributed by atoms with van der Waals surface area (Å²) < 4.78 is 62.4. The molecular weight excluding hydrogens is 766 g/mol. The number of rotatable bonds is 20. The van der Waals surface area contributed by atoms with Gasteiger partial charge >= 0.3 is 17.9 Å². The number of hydrogen-bond donors (Lipinski definition) is 1. The number of carbonyl (C=O) groups excluding carboxylic acids is 4. The van der Waals surface area contributed by atoms with Gasteiger partial charge in [0.05, 0.1) is 33.0 Å². The maximum Gasteiger partial charge on any atom is 0.303 e. The molecule has 5 rings (SSSR count). The summed E-state index contributed by atoms with van der Waals surface area (Å²) in [6.07, 6.45) is -8.81. The lowest BCUT2D eigenvalue weighted by Crippen LogP contribution is -2.69. The lowest BCUT2D eigenvalue weighted by molar-refractivity contribution is -0.363. The Labute approximate surface area is 344 Å². The predicted molar refractivity (Wildman–Crippen MR) is 210 cm³/mol. The van der Waals surface area contributed by atoms with Crippen molar-refractivity contribution in [3.05, 3.63) is 120 Å². The minimum absolute atomic E-state index is 0.0311. The predicted octanol–water partition coefficient (Wildman–Crippen LogP) is 4.34. The van der Waals surface area contributed by atoms with Crippen LogP contribution >= 0.6 is 0 Å². The summed E-state index contributed by atoms with van der Waals surface area (Å²) in [4.78, 5) is 49.8. The highest BCUT2D eigenvalue weighted by atomic mass is 16.8. The first-order valence-electron chi connectivity index (χ1n) is 19.4. The van der Waals surface area contributed by atoms with Gasteiger partial charge in [-0.2, -0.15) is 0 Å². The number of carbonyl (C=O) groups is 4. The van der Waals surface area contributed by atoms with Crippen molar-refractivity contribution in [3.63, 3.8) is 0 Å². The van der Waals surface area contributed by atoms with Gasteiger partial charge in [0.25, 0.3) is 0 Å². The van der Waals surface area contributed by atoms with E-state index in [1.165, 1.54) is 13.8 Å². The molecule has 3 aromatic carbocycles. The Bertz CT molecular complexity index is 1780. The highest BCUT2D eigenvalue weighted by molar-refractivity contribution is 5.73. The topological polar surface area (TPSA) is 173 Å². The van der Waals surface area contributed by atoms with Crippen LogP contribution in [0.25, 0.3) is 0 Å². The minimum Gasteiger partial charge on any atom is -0.463 e. The number of nitrogens with one attached hydrogen (secondary N) is 1. The second-order valence-electron chi connectivity index (χ2n) is 14.0. The van der Waals surface area contributed by atoms with Gasteiger partial charge in [0.2, 0.25) is 5.91 Å². The van der Waals surface area contributed by atoms with Crippen LogP contribution in [0.5, 0.6) is 0 Å². The van der Waals surface area contributed by atoms with E-state index in [1.54, 1.807) is 6.08 Å². The molecular formula is C44H53NO14. The summed E-state index contributed by atoms with van der Waals surface area (Å²) in [6, 6.07) is 27.5. The van der Waals surface area contributed by atoms with Crippen LogP contribution in [0, 0.1) is 0 Å². The van der Waals surface area contributed by atoms with Gasteiger partial charge in [-0.15, -0.1) is 6.58 Å². The number of hydrogen-bond acceptors (Lipinski definition) is 14. The molecule has 2 heterocycles. The van der Waals surface area contributed by atoms with Crippen LogP contribution in [-0.4, -0.2) is 105 Å². The molecule has 15 heteroatoms. The second kappa shape index (κ2) is 23.0. The molecule has 1 amide bonds. The van der Waals surface area contributed by atoms with Crippen LogP contribution in [-0.2, 0) is 86.4 Å². The molecule has 2 aliphatic rings. The molecule has 0 unspecified atom stereocenters. The molecule has 15 nitrogen and oxygen atoms in total. The third-order valence-corrected chi connectivity index (χ3v) is 9.30. The Kier molecular flexibility index (Phi) is 17.5. The maximum atomic E-state index is 12.8. The Morgan fingerprint density at radius 3 is 1.63 bits per heavy atom. The number of ether oxygens (including phenoxy) is 10. The van der Waals surface area contributed by atoms with Crippen molar-refractivity contribution < 1.29 is 66.5 Å². The van der Waals surface area contributed by atoms with Crippen LogP contribution in [0.15, 0.2) is 104 Å². The summed E-state index contributed by atoms with van der Waals surface area (Å²) in [5.41, 5.74) is 2.69. The Morgan fingerprint density at radius 1 is 0.593 bits per heavy atom. The summed E-state index contributed by atoms with van der Waals surface area (Å²) >= 11 is 0. The molecule has 318 valence electrons. The molecule has 0 radical (unpaired) electrons. The van der Waals surface area contributed by atoms with Crippen LogP contribution < -0.4 is 5.32 Å². The van der Waals surface area contributed by atoms with Crippen molar-refractivity contribution in [2.45, 2.75) is 109 Å². The van der Waals surface area contributed by atoms with Gasteiger partial charge < -0.3 is 52.7 Å². The SMILES string of the molecule is C=CCO[C@H]1O[C@H](COCc2ccccc2)[C@@H](OCc2ccccc2)[C@H](OCc2ccccc2)[C@@H]1O[C@@H]1O[C@H](COC(C)=O)[C@@H](OC(C)=O)[C@H](OC(C)=O)[C@H]1NC(C)=O. The van der Waals surface area contributed by atoms with Crippen molar-refractivity contribution in [2.75, 3.05) is 19.8 Å². The van der Waals surface area contributed by atoms with E-state index < -0.39 is 91.8 Å². The van der Waals surface area contributed by atoms with Gasteiger partial charge in [0.15, 0.2) is 24.8 Å². The van der Waals surface area contributed by atoms with Crippen molar-refractivity contribution in [3.8, 4) is 0 Å². The van der Waals surface area contributed by atoms with Gasteiger partial charge in [0.1, 0.15) is 43.2 Å². The zero-order chi connectivity index (χ0) is 42.1. The average Bonchev–Trinajstić information content (AvgIpc) is 3.21. The Balaban J connectivity index is 1.57. The van der Waals surface area contributed by atoms with E-state index >= 15 is 0 Å².